The fraction of sp³-hybridized carbons (Fsp3) is 0.458. The number of H-pyrrole nitrogens is 1. The maximum atomic E-state index is 12.8. The van der Waals surface area contributed by atoms with Gasteiger partial charge in [-0.1, -0.05) is 6.07 Å². The molecular weight excluding hydrogens is 424 g/mol. The maximum absolute atomic E-state index is 12.8. The number of nitrogens with two attached hydrogens (primary N) is 1. The number of fused-ring (bicyclic) bond motifs is 2. The van der Waals surface area contributed by atoms with E-state index in [1.807, 2.05) is 13.1 Å². The molecule has 174 valence electrons. The molecule has 5 rings (SSSR count). The SMILES string of the molecule is C[C@H](NC(=O)c1cc2c([nH]c1=O)CC13CCN(C)[C@H](Cc4ccc(O)cc41)[C@]3(O)C2)C(N)=O. The van der Waals surface area contributed by atoms with Gasteiger partial charge in [0.15, 0.2) is 0 Å². The number of rotatable bonds is 3. The molecule has 1 fully saturated rings. The van der Waals surface area contributed by atoms with Crippen molar-refractivity contribution in [3.05, 3.63) is 62.6 Å². The summed E-state index contributed by atoms with van der Waals surface area (Å²) in [6.45, 7) is 2.23. The highest BCUT2D eigenvalue weighted by molar-refractivity contribution is 5.97. The molecule has 2 aromatic rings. The van der Waals surface area contributed by atoms with E-state index < -0.39 is 34.4 Å². The summed E-state index contributed by atoms with van der Waals surface area (Å²) < 4.78 is 0. The first kappa shape index (κ1) is 21.7. The third-order valence-corrected chi connectivity index (χ3v) is 8.00. The predicted octanol–water partition coefficient (Wildman–Crippen LogP) is -0.288. The van der Waals surface area contributed by atoms with Crippen LogP contribution in [0.4, 0.5) is 0 Å². The van der Waals surface area contributed by atoms with Gasteiger partial charge in [0.1, 0.15) is 17.4 Å². The molecule has 33 heavy (non-hydrogen) atoms. The summed E-state index contributed by atoms with van der Waals surface area (Å²) in [5.41, 5.74) is 6.16. The van der Waals surface area contributed by atoms with Crippen LogP contribution >= 0.6 is 0 Å². The lowest BCUT2D eigenvalue weighted by Crippen LogP contribution is -2.73. The van der Waals surface area contributed by atoms with E-state index >= 15 is 0 Å². The van der Waals surface area contributed by atoms with Crippen molar-refractivity contribution in [1.29, 1.82) is 0 Å². The topological polar surface area (TPSA) is 149 Å². The number of aliphatic hydroxyl groups is 1. The largest absolute Gasteiger partial charge is 0.508 e. The number of hydrogen-bond donors (Lipinski definition) is 5. The summed E-state index contributed by atoms with van der Waals surface area (Å²) in [6, 6.07) is 5.80. The number of pyridine rings is 1. The van der Waals surface area contributed by atoms with E-state index in [2.05, 4.69) is 15.2 Å². The van der Waals surface area contributed by atoms with E-state index in [-0.39, 0.29) is 23.8 Å². The zero-order valence-electron chi connectivity index (χ0n) is 18.6. The molecule has 1 saturated heterocycles. The van der Waals surface area contributed by atoms with Gasteiger partial charge in [-0.15, -0.1) is 0 Å². The molecule has 2 aliphatic carbocycles. The second kappa shape index (κ2) is 7.16. The highest BCUT2D eigenvalue weighted by Crippen LogP contribution is 2.56. The van der Waals surface area contributed by atoms with Crippen molar-refractivity contribution in [2.45, 2.75) is 55.7 Å². The number of likely N-dealkylation sites (N-methyl/N-ethyl adjacent to an activating group) is 1. The Morgan fingerprint density at radius 3 is 2.76 bits per heavy atom. The van der Waals surface area contributed by atoms with Crippen molar-refractivity contribution in [3.63, 3.8) is 0 Å². The van der Waals surface area contributed by atoms with Gasteiger partial charge in [-0.25, -0.2) is 0 Å². The predicted molar refractivity (Wildman–Crippen MR) is 120 cm³/mol. The number of phenolic OH excluding ortho intramolecular Hbond substituents is 1. The van der Waals surface area contributed by atoms with E-state index in [1.54, 1.807) is 12.1 Å². The number of carbonyl (C=O) groups excluding carboxylic acids is 2. The first-order valence-electron chi connectivity index (χ1n) is 11.2. The molecule has 9 heteroatoms. The van der Waals surface area contributed by atoms with Crippen LogP contribution in [0.2, 0.25) is 0 Å². The molecule has 2 amide bonds. The zero-order valence-corrected chi connectivity index (χ0v) is 18.6. The van der Waals surface area contributed by atoms with Crippen LogP contribution in [-0.2, 0) is 29.5 Å². The Labute approximate surface area is 190 Å². The Kier molecular flexibility index (Phi) is 4.70. The fourth-order valence-electron chi connectivity index (χ4n) is 6.17. The van der Waals surface area contributed by atoms with Crippen molar-refractivity contribution in [2.24, 2.45) is 5.73 Å². The summed E-state index contributed by atoms with van der Waals surface area (Å²) in [4.78, 5) is 41.8. The van der Waals surface area contributed by atoms with E-state index in [1.165, 1.54) is 13.0 Å². The molecule has 3 aliphatic rings. The number of aromatic hydroxyl groups is 1. The van der Waals surface area contributed by atoms with Crippen molar-refractivity contribution < 1.29 is 19.8 Å². The van der Waals surface area contributed by atoms with E-state index in [4.69, 9.17) is 5.73 Å². The first-order chi connectivity index (χ1) is 15.6. The minimum absolute atomic E-state index is 0.117. The maximum Gasteiger partial charge on any atom is 0.261 e. The van der Waals surface area contributed by atoms with Crippen LogP contribution in [-0.4, -0.2) is 63.2 Å². The Morgan fingerprint density at radius 1 is 1.27 bits per heavy atom. The van der Waals surface area contributed by atoms with Gasteiger partial charge in [-0.3, -0.25) is 14.4 Å². The van der Waals surface area contributed by atoms with Gasteiger partial charge in [0, 0.05) is 30.0 Å². The van der Waals surface area contributed by atoms with E-state index in [0.717, 1.165) is 17.7 Å². The molecule has 0 spiro atoms. The molecule has 0 saturated carbocycles. The smallest absolute Gasteiger partial charge is 0.261 e. The van der Waals surface area contributed by atoms with Crippen LogP contribution in [0.3, 0.4) is 0 Å². The van der Waals surface area contributed by atoms with Crippen LogP contribution < -0.4 is 16.6 Å². The van der Waals surface area contributed by atoms with Crippen LogP contribution in [0.1, 0.15) is 46.1 Å². The summed E-state index contributed by atoms with van der Waals surface area (Å²) >= 11 is 0. The monoisotopic (exact) mass is 452 g/mol. The summed E-state index contributed by atoms with van der Waals surface area (Å²) in [5.74, 6) is -1.24. The Balaban J connectivity index is 1.62. The molecular formula is C24H28N4O5. The van der Waals surface area contributed by atoms with Gasteiger partial charge in [0.25, 0.3) is 11.5 Å². The zero-order chi connectivity index (χ0) is 23.7. The van der Waals surface area contributed by atoms with E-state index in [9.17, 15) is 24.6 Å². The van der Waals surface area contributed by atoms with Gasteiger partial charge in [-0.05, 0) is 68.2 Å². The average molecular weight is 453 g/mol. The van der Waals surface area contributed by atoms with Crippen LogP contribution in [0.5, 0.6) is 5.75 Å². The number of nitrogens with zero attached hydrogens (tertiary/aromatic N) is 1. The highest BCUT2D eigenvalue weighted by atomic mass is 16.3. The molecule has 1 unspecified atom stereocenters. The van der Waals surface area contributed by atoms with Gasteiger partial charge in [-0.2, -0.15) is 0 Å². The fourth-order valence-corrected chi connectivity index (χ4v) is 6.17. The van der Waals surface area contributed by atoms with Gasteiger partial charge in [0.2, 0.25) is 5.91 Å². The number of primary amides is 1. The third-order valence-electron chi connectivity index (χ3n) is 8.00. The minimum atomic E-state index is -1.14. The first-order valence-corrected chi connectivity index (χ1v) is 11.2. The van der Waals surface area contributed by atoms with Crippen molar-refractivity contribution in [2.75, 3.05) is 13.6 Å². The van der Waals surface area contributed by atoms with E-state index in [0.29, 0.717) is 30.5 Å². The number of phenols is 1. The molecule has 6 N–H and O–H groups in total. The number of benzene rings is 1. The minimum Gasteiger partial charge on any atom is -0.508 e. The third kappa shape index (κ3) is 3.02. The molecule has 2 bridgehead atoms. The van der Waals surface area contributed by atoms with Crippen LogP contribution in [0.25, 0.3) is 0 Å². The Hall–Kier alpha value is -3.17. The second-order valence-corrected chi connectivity index (χ2v) is 9.77. The van der Waals surface area contributed by atoms with Crippen LogP contribution in [0.15, 0.2) is 29.1 Å². The number of aromatic amines is 1. The number of carbonyl (C=O) groups is 2. The lowest BCUT2D eigenvalue weighted by Gasteiger charge is -2.63. The summed E-state index contributed by atoms with van der Waals surface area (Å²) in [5, 5.41) is 24.9. The quantitative estimate of drug-likeness (QED) is 0.432. The normalized spacial score (nSPS) is 28.8. The number of aromatic nitrogens is 1. The molecule has 0 radical (unpaired) electrons. The molecule has 1 aromatic carbocycles. The second-order valence-electron chi connectivity index (χ2n) is 9.77. The van der Waals surface area contributed by atoms with Crippen LogP contribution in [0, 0.1) is 0 Å². The number of amides is 2. The lowest BCUT2D eigenvalue weighted by molar-refractivity contribution is -0.145. The van der Waals surface area contributed by atoms with Crippen molar-refractivity contribution >= 4 is 11.8 Å². The van der Waals surface area contributed by atoms with Gasteiger partial charge >= 0.3 is 0 Å². The lowest BCUT2D eigenvalue weighted by atomic mass is 9.49. The number of piperidine rings is 1. The van der Waals surface area contributed by atoms with Gasteiger partial charge < -0.3 is 31.1 Å². The van der Waals surface area contributed by atoms with Gasteiger partial charge in [0.05, 0.1) is 5.60 Å². The molecule has 2 heterocycles. The standard InChI is InChI=1S/C24H28N4O5/c1-12(20(25)30)26-21(31)16-7-14-10-24(33)19-8-13-3-4-15(29)9-17(13)23(24,5-6-28(19)2)11-18(14)27-22(16)32/h3-4,7,9,12,19,29,33H,5-6,8,10-11H2,1-2H3,(H2,25,30)(H,26,31)(H,27,32)/t12-,19+,23?,24+/m0/s1. The Morgan fingerprint density at radius 2 is 2.03 bits per heavy atom. The summed E-state index contributed by atoms with van der Waals surface area (Å²) in [7, 11) is 2.00. The highest BCUT2D eigenvalue weighted by Gasteiger charge is 2.64. The van der Waals surface area contributed by atoms with Crippen molar-refractivity contribution in [1.82, 2.24) is 15.2 Å². The molecule has 4 atom stereocenters. The molecule has 1 aromatic heterocycles. The number of nitrogens with one attached hydrogen (secondary N) is 2. The average Bonchev–Trinajstić information content (AvgIpc) is 2.75. The van der Waals surface area contributed by atoms with Crippen molar-refractivity contribution in [3.8, 4) is 5.75 Å². The Bertz CT molecular complexity index is 1240. The number of likely N-dealkylation sites (tertiary alicyclic amines) is 1. The number of hydrogen-bond acceptors (Lipinski definition) is 6. The molecule has 1 aliphatic heterocycles. The molecule has 9 nitrogen and oxygen atoms in total. The summed E-state index contributed by atoms with van der Waals surface area (Å²) in [6.07, 6.45) is 1.97.